The summed E-state index contributed by atoms with van der Waals surface area (Å²) in [7, 11) is 0. The van der Waals surface area contributed by atoms with Crippen molar-refractivity contribution < 1.29 is 4.74 Å². The summed E-state index contributed by atoms with van der Waals surface area (Å²) in [6, 6.07) is 16.9. The summed E-state index contributed by atoms with van der Waals surface area (Å²) < 4.78 is 6.96. The maximum atomic E-state index is 5.85. The Morgan fingerprint density at radius 1 is 1.05 bits per heavy atom. The molecule has 112 valence electrons. The quantitative estimate of drug-likeness (QED) is 0.785. The van der Waals surface area contributed by atoms with Crippen LogP contribution in [0.25, 0.3) is 0 Å². The molecule has 2 rings (SSSR count). The topological polar surface area (TPSA) is 21.3 Å². The Morgan fingerprint density at radius 3 is 2.52 bits per heavy atom. The molecule has 21 heavy (non-hydrogen) atoms. The molecule has 0 radical (unpaired) electrons. The standard InChI is InChI=1S/C18H22BrNO/c1-13(2)21-18-10-5-4-7-16(18)12-20-14(3)15-8-6-9-17(19)11-15/h4-11,13-14,20H,12H2,1-3H3. The predicted octanol–water partition coefficient (Wildman–Crippen LogP) is 5.09. The molecule has 0 amide bonds. The van der Waals surface area contributed by atoms with Gasteiger partial charge < -0.3 is 10.1 Å². The van der Waals surface area contributed by atoms with E-state index < -0.39 is 0 Å². The fourth-order valence-corrected chi connectivity index (χ4v) is 2.59. The van der Waals surface area contributed by atoms with E-state index in [2.05, 4.69) is 52.4 Å². The fourth-order valence-electron chi connectivity index (χ4n) is 2.18. The van der Waals surface area contributed by atoms with Gasteiger partial charge in [-0.2, -0.15) is 0 Å². The molecule has 0 saturated heterocycles. The Bertz CT molecular complexity index is 583. The van der Waals surface area contributed by atoms with Crippen LogP contribution in [0.3, 0.4) is 0 Å². The van der Waals surface area contributed by atoms with Crippen LogP contribution in [0.4, 0.5) is 0 Å². The van der Waals surface area contributed by atoms with E-state index in [1.54, 1.807) is 0 Å². The van der Waals surface area contributed by atoms with E-state index in [0.29, 0.717) is 0 Å². The summed E-state index contributed by atoms with van der Waals surface area (Å²) in [6.45, 7) is 7.06. The maximum Gasteiger partial charge on any atom is 0.124 e. The van der Waals surface area contributed by atoms with Crippen molar-refractivity contribution in [2.24, 2.45) is 0 Å². The molecule has 0 heterocycles. The molecule has 0 aliphatic rings. The van der Waals surface area contributed by atoms with Crippen LogP contribution in [-0.4, -0.2) is 6.10 Å². The van der Waals surface area contributed by atoms with Gasteiger partial charge in [0.25, 0.3) is 0 Å². The van der Waals surface area contributed by atoms with E-state index in [-0.39, 0.29) is 12.1 Å². The molecule has 0 aromatic heterocycles. The van der Waals surface area contributed by atoms with Crippen molar-refractivity contribution in [3.05, 3.63) is 64.1 Å². The average molecular weight is 348 g/mol. The van der Waals surface area contributed by atoms with Crippen LogP contribution in [-0.2, 0) is 6.54 Å². The van der Waals surface area contributed by atoms with Crippen LogP contribution < -0.4 is 10.1 Å². The highest BCUT2D eigenvalue weighted by atomic mass is 79.9. The minimum atomic E-state index is 0.189. The second-order valence-corrected chi connectivity index (χ2v) is 6.35. The average Bonchev–Trinajstić information content (AvgIpc) is 2.45. The first-order valence-electron chi connectivity index (χ1n) is 7.29. The third kappa shape index (κ3) is 4.87. The molecule has 0 fully saturated rings. The Labute approximate surface area is 135 Å². The van der Waals surface area contributed by atoms with Crippen molar-refractivity contribution in [1.82, 2.24) is 5.32 Å². The van der Waals surface area contributed by atoms with Gasteiger partial charge in [-0.15, -0.1) is 0 Å². The van der Waals surface area contributed by atoms with E-state index in [4.69, 9.17) is 4.74 Å². The van der Waals surface area contributed by atoms with Crippen LogP contribution in [0.2, 0.25) is 0 Å². The van der Waals surface area contributed by atoms with Gasteiger partial charge >= 0.3 is 0 Å². The van der Waals surface area contributed by atoms with E-state index in [1.165, 1.54) is 11.1 Å². The molecular formula is C18H22BrNO. The second kappa shape index (κ2) is 7.62. The van der Waals surface area contributed by atoms with Gasteiger partial charge in [0.15, 0.2) is 0 Å². The van der Waals surface area contributed by atoms with Crippen LogP contribution in [0.5, 0.6) is 5.75 Å². The molecule has 3 heteroatoms. The van der Waals surface area contributed by atoms with Crippen molar-refractivity contribution in [3.63, 3.8) is 0 Å². The van der Waals surface area contributed by atoms with Crippen molar-refractivity contribution >= 4 is 15.9 Å². The summed E-state index contributed by atoms with van der Waals surface area (Å²) in [5, 5.41) is 3.56. The molecule has 1 unspecified atom stereocenters. The third-order valence-corrected chi connectivity index (χ3v) is 3.78. The molecule has 0 spiro atoms. The van der Waals surface area contributed by atoms with E-state index in [0.717, 1.165) is 16.8 Å². The molecule has 2 aromatic carbocycles. The summed E-state index contributed by atoms with van der Waals surface area (Å²) in [6.07, 6.45) is 0.189. The lowest BCUT2D eigenvalue weighted by Crippen LogP contribution is -2.19. The van der Waals surface area contributed by atoms with E-state index in [1.807, 2.05) is 38.1 Å². The van der Waals surface area contributed by atoms with Gasteiger partial charge in [-0.25, -0.2) is 0 Å². The molecule has 0 aliphatic heterocycles. The minimum absolute atomic E-state index is 0.189. The number of halogens is 1. The van der Waals surface area contributed by atoms with Gasteiger partial charge in [-0.3, -0.25) is 0 Å². The maximum absolute atomic E-state index is 5.85. The molecule has 0 saturated carbocycles. The van der Waals surface area contributed by atoms with Crippen molar-refractivity contribution in [3.8, 4) is 5.75 Å². The van der Waals surface area contributed by atoms with Crippen molar-refractivity contribution in [1.29, 1.82) is 0 Å². The highest BCUT2D eigenvalue weighted by molar-refractivity contribution is 9.10. The molecule has 1 atom stereocenters. The molecule has 0 aliphatic carbocycles. The molecule has 1 N–H and O–H groups in total. The normalized spacial score (nSPS) is 12.4. The summed E-state index contributed by atoms with van der Waals surface area (Å²) in [5.41, 5.74) is 2.46. The Kier molecular flexibility index (Phi) is 5.83. The number of nitrogens with one attached hydrogen (secondary N) is 1. The molecule has 0 bridgehead atoms. The highest BCUT2D eigenvalue weighted by Crippen LogP contribution is 2.22. The number of para-hydroxylation sites is 1. The van der Waals surface area contributed by atoms with Gasteiger partial charge in [-0.1, -0.05) is 46.3 Å². The minimum Gasteiger partial charge on any atom is -0.491 e. The Balaban J connectivity index is 2.02. The lowest BCUT2D eigenvalue weighted by Gasteiger charge is -2.18. The van der Waals surface area contributed by atoms with Gasteiger partial charge in [0.05, 0.1) is 6.10 Å². The molecule has 2 aromatic rings. The van der Waals surface area contributed by atoms with Gasteiger partial charge in [-0.05, 0) is 44.5 Å². The van der Waals surface area contributed by atoms with Crippen LogP contribution in [0.1, 0.15) is 37.9 Å². The fraction of sp³-hybridized carbons (Fsp3) is 0.333. The number of benzene rings is 2. The largest absolute Gasteiger partial charge is 0.491 e. The third-order valence-electron chi connectivity index (χ3n) is 3.28. The Hall–Kier alpha value is -1.32. The molecule has 2 nitrogen and oxygen atoms in total. The first kappa shape index (κ1) is 16.1. The van der Waals surface area contributed by atoms with Gasteiger partial charge in [0, 0.05) is 22.6 Å². The van der Waals surface area contributed by atoms with Crippen LogP contribution in [0.15, 0.2) is 53.0 Å². The number of rotatable bonds is 6. The smallest absolute Gasteiger partial charge is 0.124 e. The summed E-state index contributed by atoms with van der Waals surface area (Å²) >= 11 is 3.52. The zero-order valence-corrected chi connectivity index (χ0v) is 14.4. The van der Waals surface area contributed by atoms with E-state index in [9.17, 15) is 0 Å². The zero-order valence-electron chi connectivity index (χ0n) is 12.8. The Morgan fingerprint density at radius 2 is 1.81 bits per heavy atom. The van der Waals surface area contributed by atoms with Crippen molar-refractivity contribution in [2.45, 2.75) is 39.5 Å². The first-order valence-corrected chi connectivity index (χ1v) is 8.09. The number of ether oxygens (including phenoxy) is 1. The van der Waals surface area contributed by atoms with Crippen molar-refractivity contribution in [2.75, 3.05) is 0 Å². The lowest BCUT2D eigenvalue weighted by atomic mass is 10.1. The monoisotopic (exact) mass is 347 g/mol. The first-order chi connectivity index (χ1) is 10.1. The van der Waals surface area contributed by atoms with Crippen LogP contribution in [0, 0.1) is 0 Å². The number of hydrogen-bond acceptors (Lipinski definition) is 2. The SMILES string of the molecule is CC(C)Oc1ccccc1CNC(C)c1cccc(Br)c1. The van der Waals surface area contributed by atoms with E-state index >= 15 is 0 Å². The molecular weight excluding hydrogens is 326 g/mol. The predicted molar refractivity (Wildman–Crippen MR) is 91.6 cm³/mol. The second-order valence-electron chi connectivity index (χ2n) is 5.43. The van der Waals surface area contributed by atoms with Gasteiger partial charge in [0.1, 0.15) is 5.75 Å². The van der Waals surface area contributed by atoms with Crippen LogP contribution >= 0.6 is 15.9 Å². The van der Waals surface area contributed by atoms with Gasteiger partial charge in [0.2, 0.25) is 0 Å². The zero-order chi connectivity index (χ0) is 15.2. The highest BCUT2D eigenvalue weighted by Gasteiger charge is 2.08. The summed E-state index contributed by atoms with van der Waals surface area (Å²) in [4.78, 5) is 0. The number of hydrogen-bond donors (Lipinski definition) is 1. The summed E-state index contributed by atoms with van der Waals surface area (Å²) in [5.74, 6) is 0.960. The lowest BCUT2D eigenvalue weighted by molar-refractivity contribution is 0.239.